The fourth-order valence-corrected chi connectivity index (χ4v) is 0.961. The van der Waals surface area contributed by atoms with Gasteiger partial charge in [0.1, 0.15) is 6.73 Å². The van der Waals surface area contributed by atoms with Gasteiger partial charge in [0.15, 0.2) is 0 Å². The highest BCUT2D eigenvalue weighted by molar-refractivity contribution is 6.40. The summed E-state index contributed by atoms with van der Waals surface area (Å²) < 4.78 is 4.76. The molecule has 0 aromatic heterocycles. The number of hydrogen-bond acceptors (Lipinski definition) is 4. The van der Waals surface area contributed by atoms with Crippen LogP contribution in [0.3, 0.4) is 0 Å². The summed E-state index contributed by atoms with van der Waals surface area (Å²) in [5, 5.41) is 0. The lowest BCUT2D eigenvalue weighted by atomic mass is 10.1. The summed E-state index contributed by atoms with van der Waals surface area (Å²) in [4.78, 5) is 24.4. The lowest BCUT2D eigenvalue weighted by Crippen LogP contribution is -2.24. The average molecular weight is 207 g/mol. The van der Waals surface area contributed by atoms with Gasteiger partial charge in [0.05, 0.1) is 0 Å². The number of carbonyl (C=O) groups excluding carboxylic acids is 2. The van der Waals surface area contributed by atoms with Gasteiger partial charge in [0, 0.05) is 5.56 Å². The van der Waals surface area contributed by atoms with Crippen LogP contribution in [0.4, 0.5) is 0 Å². The van der Waals surface area contributed by atoms with E-state index in [2.05, 4.69) is 0 Å². The number of Topliss-reactive ketones (excluding diaryl/α,β-unsaturated/α-hetero) is 1. The zero-order valence-corrected chi connectivity index (χ0v) is 8.77. The second-order valence-electron chi connectivity index (χ2n) is 3.34. The van der Waals surface area contributed by atoms with Crippen LogP contribution < -0.4 is 0 Å². The van der Waals surface area contributed by atoms with E-state index in [9.17, 15) is 9.59 Å². The Bertz CT molecular complexity index is 346. The molecule has 1 rings (SSSR count). The SMILES string of the molecule is CN(C)COC(=O)C(=O)c1ccccc1. The van der Waals surface area contributed by atoms with E-state index in [0.717, 1.165) is 0 Å². The molecule has 0 aliphatic carbocycles. The van der Waals surface area contributed by atoms with Crippen LogP contribution >= 0.6 is 0 Å². The van der Waals surface area contributed by atoms with Crippen LogP contribution in [0.5, 0.6) is 0 Å². The highest BCUT2D eigenvalue weighted by atomic mass is 16.5. The van der Waals surface area contributed by atoms with Crippen molar-refractivity contribution >= 4 is 11.8 Å². The fraction of sp³-hybridized carbons (Fsp3) is 0.273. The summed E-state index contributed by atoms with van der Waals surface area (Å²) in [7, 11) is 3.50. The van der Waals surface area contributed by atoms with Gasteiger partial charge in [-0.3, -0.25) is 9.69 Å². The first kappa shape index (κ1) is 11.4. The van der Waals surface area contributed by atoms with Crippen LogP contribution in [0, 0.1) is 0 Å². The summed E-state index contributed by atoms with van der Waals surface area (Å²) in [5.41, 5.74) is 0.348. The normalized spacial score (nSPS) is 10.1. The first-order chi connectivity index (χ1) is 7.11. The monoisotopic (exact) mass is 207 g/mol. The van der Waals surface area contributed by atoms with Gasteiger partial charge in [0.2, 0.25) is 0 Å². The minimum absolute atomic E-state index is 0.109. The molecule has 80 valence electrons. The molecular weight excluding hydrogens is 194 g/mol. The highest BCUT2D eigenvalue weighted by Gasteiger charge is 2.17. The first-order valence-corrected chi connectivity index (χ1v) is 4.52. The minimum atomic E-state index is -0.824. The third-order valence-corrected chi connectivity index (χ3v) is 1.68. The number of esters is 1. The molecule has 0 saturated carbocycles. The largest absolute Gasteiger partial charge is 0.444 e. The second kappa shape index (κ2) is 5.26. The standard InChI is InChI=1S/C11H13NO3/c1-12(2)8-15-11(14)10(13)9-6-4-3-5-7-9/h3-7H,8H2,1-2H3. The van der Waals surface area contributed by atoms with Crippen LogP contribution in [0.15, 0.2) is 30.3 Å². The van der Waals surface area contributed by atoms with Crippen LogP contribution in [0.25, 0.3) is 0 Å². The Labute approximate surface area is 88.5 Å². The Morgan fingerprint density at radius 1 is 1.20 bits per heavy atom. The van der Waals surface area contributed by atoms with E-state index in [1.165, 1.54) is 0 Å². The molecule has 1 aromatic carbocycles. The number of hydrogen-bond donors (Lipinski definition) is 0. The van der Waals surface area contributed by atoms with Crippen molar-refractivity contribution in [2.24, 2.45) is 0 Å². The van der Waals surface area contributed by atoms with Crippen LogP contribution in [0.1, 0.15) is 10.4 Å². The number of nitrogens with zero attached hydrogens (tertiary/aromatic N) is 1. The molecule has 0 radical (unpaired) electrons. The molecule has 0 spiro atoms. The first-order valence-electron chi connectivity index (χ1n) is 4.52. The molecule has 0 heterocycles. The maximum atomic E-state index is 11.5. The van der Waals surface area contributed by atoms with E-state index in [0.29, 0.717) is 5.56 Å². The van der Waals surface area contributed by atoms with Crippen LogP contribution in [-0.2, 0) is 9.53 Å². The lowest BCUT2D eigenvalue weighted by Gasteiger charge is -2.09. The van der Waals surface area contributed by atoms with Crippen molar-refractivity contribution in [2.45, 2.75) is 0 Å². The van der Waals surface area contributed by atoms with Crippen molar-refractivity contribution in [3.8, 4) is 0 Å². The quantitative estimate of drug-likeness (QED) is 0.319. The van der Waals surface area contributed by atoms with E-state index in [4.69, 9.17) is 4.74 Å². The molecule has 15 heavy (non-hydrogen) atoms. The summed E-state index contributed by atoms with van der Waals surface area (Å²) in [6.07, 6.45) is 0. The maximum Gasteiger partial charge on any atom is 0.380 e. The number of ketones is 1. The minimum Gasteiger partial charge on any atom is -0.444 e. The molecule has 1 aromatic rings. The Balaban J connectivity index is 2.58. The van der Waals surface area contributed by atoms with Gasteiger partial charge in [0.25, 0.3) is 5.78 Å². The number of carbonyl (C=O) groups is 2. The van der Waals surface area contributed by atoms with Crippen molar-refractivity contribution in [3.63, 3.8) is 0 Å². The molecule has 4 heteroatoms. The Kier molecular flexibility index (Phi) is 4.00. The molecule has 0 atom stereocenters. The lowest BCUT2D eigenvalue weighted by molar-refractivity contribution is -0.141. The molecule has 0 unspecified atom stereocenters. The van der Waals surface area contributed by atoms with Crippen molar-refractivity contribution in [2.75, 3.05) is 20.8 Å². The summed E-state index contributed by atoms with van der Waals surface area (Å²) in [5.74, 6) is -1.44. The highest BCUT2D eigenvalue weighted by Crippen LogP contribution is 2.01. The van der Waals surface area contributed by atoms with Crippen LogP contribution in [-0.4, -0.2) is 37.5 Å². The van der Waals surface area contributed by atoms with Gasteiger partial charge in [-0.2, -0.15) is 0 Å². The topological polar surface area (TPSA) is 46.6 Å². The van der Waals surface area contributed by atoms with Crippen molar-refractivity contribution in [1.29, 1.82) is 0 Å². The zero-order chi connectivity index (χ0) is 11.3. The molecule has 0 fully saturated rings. The zero-order valence-electron chi connectivity index (χ0n) is 8.77. The molecule has 0 aliphatic rings. The van der Waals surface area contributed by atoms with Gasteiger partial charge in [-0.15, -0.1) is 0 Å². The molecule has 0 aliphatic heterocycles. The number of rotatable bonds is 4. The predicted octanol–water partition coefficient (Wildman–Crippen LogP) is 0.932. The van der Waals surface area contributed by atoms with Crippen LogP contribution in [0.2, 0.25) is 0 Å². The summed E-state index contributed by atoms with van der Waals surface area (Å²) in [6.45, 7) is 0.109. The molecular formula is C11H13NO3. The van der Waals surface area contributed by atoms with Gasteiger partial charge in [-0.25, -0.2) is 4.79 Å². The van der Waals surface area contributed by atoms with Crippen molar-refractivity contribution in [3.05, 3.63) is 35.9 Å². The summed E-state index contributed by atoms with van der Waals surface area (Å²) in [6, 6.07) is 8.35. The van der Waals surface area contributed by atoms with Gasteiger partial charge < -0.3 is 4.74 Å². The summed E-state index contributed by atoms with van der Waals surface area (Å²) >= 11 is 0. The predicted molar refractivity (Wildman–Crippen MR) is 55.4 cm³/mol. The van der Waals surface area contributed by atoms with Crippen molar-refractivity contribution < 1.29 is 14.3 Å². The third-order valence-electron chi connectivity index (χ3n) is 1.68. The van der Waals surface area contributed by atoms with Gasteiger partial charge in [-0.05, 0) is 14.1 Å². The third kappa shape index (κ3) is 3.52. The van der Waals surface area contributed by atoms with Gasteiger partial charge in [-0.1, -0.05) is 30.3 Å². The number of benzene rings is 1. The molecule has 0 bridgehead atoms. The molecule has 0 saturated heterocycles. The molecule has 4 nitrogen and oxygen atoms in total. The van der Waals surface area contributed by atoms with E-state index < -0.39 is 11.8 Å². The molecule has 0 N–H and O–H groups in total. The number of ether oxygens (including phenoxy) is 1. The smallest absolute Gasteiger partial charge is 0.380 e. The van der Waals surface area contributed by atoms with E-state index in [1.807, 2.05) is 0 Å². The van der Waals surface area contributed by atoms with E-state index >= 15 is 0 Å². The Hall–Kier alpha value is -1.68. The second-order valence-corrected chi connectivity index (χ2v) is 3.34. The fourth-order valence-electron chi connectivity index (χ4n) is 0.961. The average Bonchev–Trinajstić information content (AvgIpc) is 2.26. The van der Waals surface area contributed by atoms with E-state index in [-0.39, 0.29) is 6.73 Å². The Morgan fingerprint density at radius 2 is 1.80 bits per heavy atom. The Morgan fingerprint density at radius 3 is 2.33 bits per heavy atom. The maximum absolute atomic E-state index is 11.5. The molecule has 0 amide bonds. The van der Waals surface area contributed by atoms with E-state index in [1.54, 1.807) is 49.3 Å². The van der Waals surface area contributed by atoms with Crippen molar-refractivity contribution in [1.82, 2.24) is 4.90 Å². The van der Waals surface area contributed by atoms with Gasteiger partial charge >= 0.3 is 5.97 Å².